The molecule has 2 nitrogen and oxygen atoms in total. The Bertz CT molecular complexity index is 366. The average Bonchev–Trinajstić information content (AvgIpc) is 2.79. The second kappa shape index (κ2) is 6.36. The third kappa shape index (κ3) is 3.96. The molecule has 0 radical (unpaired) electrons. The fourth-order valence-electron chi connectivity index (χ4n) is 2.11. The van der Waals surface area contributed by atoms with Gasteiger partial charge in [-0.1, -0.05) is 0 Å². The number of benzene rings is 1. The van der Waals surface area contributed by atoms with E-state index in [2.05, 4.69) is 21.2 Å². The molecule has 1 aliphatic heterocycles. The summed E-state index contributed by atoms with van der Waals surface area (Å²) in [7, 11) is 0. The molecular weight excluding hydrogens is 285 g/mol. The lowest BCUT2D eigenvalue weighted by atomic mass is 10.1. The van der Waals surface area contributed by atoms with Crippen molar-refractivity contribution in [2.75, 3.05) is 13.2 Å². The molecule has 0 spiro atoms. The van der Waals surface area contributed by atoms with Gasteiger partial charge in [0.25, 0.3) is 0 Å². The Hall–Kier alpha value is -0.610. The lowest BCUT2D eigenvalue weighted by molar-refractivity contribution is 0.297. The van der Waals surface area contributed by atoms with Gasteiger partial charge >= 0.3 is 0 Å². The molecule has 1 N–H and O–H groups in total. The van der Waals surface area contributed by atoms with E-state index < -0.39 is 0 Å². The molecule has 4 heteroatoms. The van der Waals surface area contributed by atoms with Gasteiger partial charge in [-0.05, 0) is 66.4 Å². The summed E-state index contributed by atoms with van der Waals surface area (Å²) in [5.74, 6) is 0.463. The predicted octanol–water partition coefficient (Wildman–Crippen LogP) is 3.50. The second-order valence-corrected chi connectivity index (χ2v) is 5.21. The monoisotopic (exact) mass is 301 g/mol. The molecule has 1 atom stereocenters. The molecule has 0 aromatic heterocycles. The van der Waals surface area contributed by atoms with Crippen LogP contribution in [0.25, 0.3) is 0 Å². The summed E-state index contributed by atoms with van der Waals surface area (Å²) in [6.07, 6.45) is 4.75. The Morgan fingerprint density at radius 1 is 1.47 bits per heavy atom. The summed E-state index contributed by atoms with van der Waals surface area (Å²) >= 11 is 3.29. The Labute approximate surface area is 110 Å². The van der Waals surface area contributed by atoms with Crippen molar-refractivity contribution in [3.8, 4) is 5.75 Å². The van der Waals surface area contributed by atoms with Crippen molar-refractivity contribution in [1.82, 2.24) is 5.32 Å². The van der Waals surface area contributed by atoms with E-state index in [1.165, 1.54) is 25.0 Å². The van der Waals surface area contributed by atoms with E-state index in [0.29, 0.717) is 22.9 Å². The minimum Gasteiger partial charge on any atom is -0.492 e. The molecule has 0 aliphatic carbocycles. The van der Waals surface area contributed by atoms with Crippen LogP contribution >= 0.6 is 15.9 Å². The van der Waals surface area contributed by atoms with Crippen LogP contribution in [0.3, 0.4) is 0 Å². The van der Waals surface area contributed by atoms with Gasteiger partial charge in [0, 0.05) is 6.04 Å². The summed E-state index contributed by atoms with van der Waals surface area (Å²) in [5.41, 5.74) is 0. The zero-order valence-electron chi connectivity index (χ0n) is 9.72. The number of ether oxygens (including phenoxy) is 1. The molecule has 94 valence electrons. The summed E-state index contributed by atoms with van der Waals surface area (Å²) in [4.78, 5) is 0. The Morgan fingerprint density at radius 3 is 3.06 bits per heavy atom. The van der Waals surface area contributed by atoms with Crippen LogP contribution in [0.2, 0.25) is 0 Å². The first-order valence-electron chi connectivity index (χ1n) is 6.07. The Balaban J connectivity index is 1.70. The molecule has 1 aromatic rings. The molecule has 2 rings (SSSR count). The SMILES string of the molecule is Fc1ccc(OCCCC2CCCN2)c(Br)c1. The maximum atomic E-state index is 12.8. The first-order chi connectivity index (χ1) is 8.25. The normalized spacial score (nSPS) is 19.5. The van der Waals surface area contributed by atoms with Gasteiger partial charge in [0.1, 0.15) is 11.6 Å². The van der Waals surface area contributed by atoms with Crippen LogP contribution in [-0.2, 0) is 0 Å². The van der Waals surface area contributed by atoms with E-state index in [0.717, 1.165) is 19.4 Å². The fraction of sp³-hybridized carbons (Fsp3) is 0.538. The van der Waals surface area contributed by atoms with Gasteiger partial charge in [-0.25, -0.2) is 4.39 Å². The largest absolute Gasteiger partial charge is 0.492 e. The quantitative estimate of drug-likeness (QED) is 0.841. The molecule has 17 heavy (non-hydrogen) atoms. The molecule has 1 aliphatic rings. The minimum atomic E-state index is -0.251. The van der Waals surface area contributed by atoms with Gasteiger partial charge in [0.05, 0.1) is 11.1 Å². The van der Waals surface area contributed by atoms with E-state index in [4.69, 9.17) is 4.74 Å². The summed E-state index contributed by atoms with van der Waals surface area (Å²) < 4.78 is 19.1. The number of halogens is 2. The third-order valence-corrected chi connectivity index (χ3v) is 3.63. The van der Waals surface area contributed by atoms with Crippen molar-refractivity contribution in [3.05, 3.63) is 28.5 Å². The zero-order valence-corrected chi connectivity index (χ0v) is 11.3. The van der Waals surface area contributed by atoms with E-state index >= 15 is 0 Å². The lowest BCUT2D eigenvalue weighted by Gasteiger charge is -2.11. The molecular formula is C13H17BrFNO. The lowest BCUT2D eigenvalue weighted by Crippen LogP contribution is -2.21. The summed E-state index contributed by atoms with van der Waals surface area (Å²) in [6, 6.07) is 5.16. The maximum Gasteiger partial charge on any atom is 0.133 e. The summed E-state index contributed by atoms with van der Waals surface area (Å²) in [6.45, 7) is 1.83. The van der Waals surface area contributed by atoms with Gasteiger partial charge in [0.2, 0.25) is 0 Å². The predicted molar refractivity (Wildman–Crippen MR) is 69.9 cm³/mol. The molecule has 1 heterocycles. The first-order valence-corrected chi connectivity index (χ1v) is 6.86. The van der Waals surface area contributed by atoms with Gasteiger partial charge < -0.3 is 10.1 Å². The molecule has 1 saturated heterocycles. The first kappa shape index (κ1) is 12.8. The van der Waals surface area contributed by atoms with Gasteiger partial charge in [-0.3, -0.25) is 0 Å². The fourth-order valence-corrected chi connectivity index (χ4v) is 2.57. The highest BCUT2D eigenvalue weighted by molar-refractivity contribution is 9.10. The topological polar surface area (TPSA) is 21.3 Å². The van der Waals surface area contributed by atoms with Crippen LogP contribution < -0.4 is 10.1 Å². The number of hydrogen-bond acceptors (Lipinski definition) is 2. The minimum absolute atomic E-state index is 0.251. The molecule has 1 fully saturated rings. The average molecular weight is 302 g/mol. The van der Waals surface area contributed by atoms with Crippen LogP contribution in [0.5, 0.6) is 5.75 Å². The number of hydrogen-bond donors (Lipinski definition) is 1. The smallest absolute Gasteiger partial charge is 0.133 e. The standard InChI is InChI=1S/C13H17BrFNO/c14-12-9-10(15)5-6-13(12)17-8-2-4-11-3-1-7-16-11/h5-6,9,11,16H,1-4,7-8H2. The van der Waals surface area contributed by atoms with Crippen molar-refractivity contribution in [2.24, 2.45) is 0 Å². The van der Waals surface area contributed by atoms with Crippen LogP contribution in [0, 0.1) is 5.82 Å². The van der Waals surface area contributed by atoms with Crippen molar-refractivity contribution in [1.29, 1.82) is 0 Å². The number of rotatable bonds is 5. The van der Waals surface area contributed by atoms with Crippen LogP contribution in [-0.4, -0.2) is 19.2 Å². The molecule has 0 bridgehead atoms. The Morgan fingerprint density at radius 2 is 2.35 bits per heavy atom. The molecule has 1 unspecified atom stereocenters. The van der Waals surface area contributed by atoms with Crippen molar-refractivity contribution < 1.29 is 9.13 Å². The van der Waals surface area contributed by atoms with Crippen LogP contribution in [0.4, 0.5) is 4.39 Å². The molecule has 1 aromatic carbocycles. The van der Waals surface area contributed by atoms with Crippen LogP contribution in [0.15, 0.2) is 22.7 Å². The second-order valence-electron chi connectivity index (χ2n) is 4.36. The zero-order chi connectivity index (χ0) is 12.1. The van der Waals surface area contributed by atoms with Crippen molar-refractivity contribution in [2.45, 2.75) is 31.7 Å². The molecule has 0 saturated carbocycles. The van der Waals surface area contributed by atoms with Gasteiger partial charge in [0.15, 0.2) is 0 Å². The maximum absolute atomic E-state index is 12.8. The summed E-state index contributed by atoms with van der Waals surface area (Å²) in [5, 5.41) is 3.46. The van der Waals surface area contributed by atoms with Crippen LogP contribution in [0.1, 0.15) is 25.7 Å². The van der Waals surface area contributed by atoms with E-state index in [-0.39, 0.29) is 5.82 Å². The van der Waals surface area contributed by atoms with Gasteiger partial charge in [-0.15, -0.1) is 0 Å². The van der Waals surface area contributed by atoms with E-state index in [1.807, 2.05) is 0 Å². The van der Waals surface area contributed by atoms with E-state index in [9.17, 15) is 4.39 Å². The van der Waals surface area contributed by atoms with Crippen molar-refractivity contribution in [3.63, 3.8) is 0 Å². The highest BCUT2D eigenvalue weighted by Crippen LogP contribution is 2.25. The third-order valence-electron chi connectivity index (χ3n) is 3.01. The van der Waals surface area contributed by atoms with Gasteiger partial charge in [-0.2, -0.15) is 0 Å². The van der Waals surface area contributed by atoms with E-state index in [1.54, 1.807) is 6.07 Å². The van der Waals surface area contributed by atoms with Crippen molar-refractivity contribution >= 4 is 15.9 Å². The highest BCUT2D eigenvalue weighted by atomic mass is 79.9. The molecule has 0 amide bonds. The highest BCUT2D eigenvalue weighted by Gasteiger charge is 2.13. The number of nitrogens with one attached hydrogen (secondary N) is 1. The Kier molecular flexibility index (Phi) is 4.80.